The molecule has 2 aromatic carbocycles. The summed E-state index contributed by atoms with van der Waals surface area (Å²) < 4.78 is 77.2. The molecular formula is C37H38ClF5N8O3. The first-order chi connectivity index (χ1) is 25.4. The van der Waals surface area contributed by atoms with Gasteiger partial charge in [0.25, 0.3) is 12.3 Å². The van der Waals surface area contributed by atoms with Crippen LogP contribution in [-0.4, -0.2) is 60.1 Å². The van der Waals surface area contributed by atoms with Crippen LogP contribution in [0.4, 0.5) is 22.0 Å². The molecule has 2 aliphatic carbocycles. The van der Waals surface area contributed by atoms with E-state index in [4.69, 9.17) is 27.1 Å². The van der Waals surface area contributed by atoms with Crippen molar-refractivity contribution in [2.24, 2.45) is 21.6 Å². The van der Waals surface area contributed by atoms with Crippen molar-refractivity contribution in [3.8, 4) is 16.8 Å². The molecule has 2 atom stereocenters. The Bertz CT molecular complexity index is 2100. The van der Waals surface area contributed by atoms with Crippen molar-refractivity contribution in [3.05, 3.63) is 83.2 Å². The number of esters is 1. The first kappa shape index (κ1) is 37.5. The first-order valence-electron chi connectivity index (χ1n) is 17.5. The van der Waals surface area contributed by atoms with E-state index in [1.165, 1.54) is 18.2 Å². The van der Waals surface area contributed by atoms with Crippen molar-refractivity contribution in [2.75, 3.05) is 6.61 Å². The molecule has 4 aromatic rings. The second kappa shape index (κ2) is 13.5. The van der Waals surface area contributed by atoms with Crippen LogP contribution < -0.4 is 5.73 Å². The molecule has 2 N–H and O–H groups in total. The van der Waals surface area contributed by atoms with Gasteiger partial charge in [-0.05, 0) is 66.3 Å². The lowest BCUT2D eigenvalue weighted by Crippen LogP contribution is -2.47. The Morgan fingerprint density at radius 1 is 1.06 bits per heavy atom. The van der Waals surface area contributed by atoms with Gasteiger partial charge in [-0.1, -0.05) is 62.7 Å². The zero-order chi connectivity index (χ0) is 38.8. The number of ether oxygens (including phenoxy) is 1. The van der Waals surface area contributed by atoms with Crippen LogP contribution in [-0.2, 0) is 19.9 Å². The van der Waals surface area contributed by atoms with Crippen molar-refractivity contribution in [1.29, 1.82) is 0 Å². The Balaban J connectivity index is 1.26. The summed E-state index contributed by atoms with van der Waals surface area (Å²) >= 11 is 6.45. The lowest BCUT2D eigenvalue weighted by Gasteiger charge is -2.35. The quantitative estimate of drug-likeness (QED) is 0.115. The lowest BCUT2D eigenvalue weighted by atomic mass is 9.75. The molecule has 0 radical (unpaired) electrons. The number of aliphatic imine (C=N–C) groups is 1. The second-order valence-electron chi connectivity index (χ2n) is 15.5. The summed E-state index contributed by atoms with van der Waals surface area (Å²) in [4.78, 5) is 37.5. The van der Waals surface area contributed by atoms with Crippen molar-refractivity contribution < 1.29 is 36.3 Å². The van der Waals surface area contributed by atoms with Crippen molar-refractivity contribution in [2.45, 2.75) is 89.5 Å². The number of nitrogens with zero attached hydrogens (tertiary/aromatic N) is 7. The fraction of sp³-hybridized carbons (Fsp3) is 0.459. The van der Waals surface area contributed by atoms with Crippen LogP contribution in [0.15, 0.2) is 66.2 Å². The molecule has 0 unspecified atom stereocenters. The molecule has 2 fully saturated rings. The summed E-state index contributed by atoms with van der Waals surface area (Å²) in [7, 11) is 0. The van der Waals surface area contributed by atoms with E-state index in [0.717, 1.165) is 39.9 Å². The average molecular weight is 773 g/mol. The van der Waals surface area contributed by atoms with Gasteiger partial charge in [0.15, 0.2) is 17.3 Å². The normalized spacial score (nSPS) is 20.4. The van der Waals surface area contributed by atoms with Gasteiger partial charge in [-0.25, -0.2) is 23.4 Å². The molecule has 2 aromatic heterocycles. The molecule has 54 heavy (non-hydrogen) atoms. The van der Waals surface area contributed by atoms with Crippen LogP contribution in [0.5, 0.6) is 0 Å². The van der Waals surface area contributed by atoms with E-state index < -0.39 is 65.7 Å². The van der Waals surface area contributed by atoms with E-state index in [9.17, 15) is 31.5 Å². The molecule has 2 saturated carbocycles. The standard InChI is InChI=1S/C37H38ClF5N8O3/c1-34(2,3)19-36(24-7-4-21(5-8-24)23-16-46-49(17-23)25-9-10-25)32(53)50(33(44)48-36)28(18-54-29(52)15-35(12-13-35)37(41,42)43)22-6-11-26(38)27(14-22)51-31(30(39)40)45-20-47-51/h4-8,11,14,16-17,20,25,28,30H,9-10,12-13,15,18-19H2,1-3H3,(H2,44,48)/t28-,36-/m1/s1. The third-order valence-electron chi connectivity index (χ3n) is 10.1. The zero-order valence-corrected chi connectivity index (χ0v) is 30.4. The van der Waals surface area contributed by atoms with Gasteiger partial charge in [0.2, 0.25) is 0 Å². The van der Waals surface area contributed by atoms with Gasteiger partial charge in [0, 0.05) is 11.8 Å². The van der Waals surface area contributed by atoms with Crippen molar-refractivity contribution in [3.63, 3.8) is 0 Å². The molecule has 17 heteroatoms. The molecule has 1 aliphatic heterocycles. The predicted molar refractivity (Wildman–Crippen MR) is 188 cm³/mol. The van der Waals surface area contributed by atoms with Gasteiger partial charge in [0.05, 0.1) is 40.8 Å². The number of benzene rings is 2. The fourth-order valence-electron chi connectivity index (χ4n) is 7.05. The molecule has 3 heterocycles. The minimum absolute atomic E-state index is 0.00183. The number of nitrogens with two attached hydrogens (primary N) is 1. The van der Waals surface area contributed by atoms with E-state index in [1.807, 2.05) is 43.8 Å². The van der Waals surface area contributed by atoms with E-state index >= 15 is 0 Å². The van der Waals surface area contributed by atoms with Crippen molar-refractivity contribution >= 4 is 29.4 Å². The third kappa shape index (κ3) is 7.07. The van der Waals surface area contributed by atoms with Crippen LogP contribution in [0.25, 0.3) is 16.8 Å². The number of rotatable bonds is 12. The van der Waals surface area contributed by atoms with Crippen LogP contribution in [0.1, 0.15) is 94.8 Å². The SMILES string of the molecule is CC(C)(C)C[C@]1(c2ccc(-c3cnn(C4CC4)c3)cc2)N=C(N)N([C@H](COC(=O)CC2(C(F)(F)F)CC2)c2ccc(Cl)c(-n3ncnc3C(F)F)c2)C1=O. The number of carbonyl (C=O) groups is 2. The number of hydrogen-bond acceptors (Lipinski definition) is 8. The third-order valence-corrected chi connectivity index (χ3v) is 10.5. The number of guanidine groups is 1. The van der Waals surface area contributed by atoms with Gasteiger partial charge in [-0.2, -0.15) is 23.4 Å². The van der Waals surface area contributed by atoms with E-state index in [2.05, 4.69) is 15.2 Å². The van der Waals surface area contributed by atoms with Crippen LogP contribution >= 0.6 is 11.6 Å². The van der Waals surface area contributed by atoms with E-state index in [1.54, 1.807) is 18.3 Å². The summed E-state index contributed by atoms with van der Waals surface area (Å²) in [5.74, 6) is -2.64. The minimum Gasteiger partial charge on any atom is -0.463 e. The lowest BCUT2D eigenvalue weighted by molar-refractivity contribution is -0.195. The van der Waals surface area contributed by atoms with Crippen molar-refractivity contribution in [1.82, 2.24) is 29.4 Å². The molecule has 286 valence electrons. The highest BCUT2D eigenvalue weighted by atomic mass is 35.5. The highest BCUT2D eigenvalue weighted by Crippen LogP contribution is 2.60. The largest absolute Gasteiger partial charge is 0.463 e. The number of hydrogen-bond donors (Lipinski definition) is 1. The van der Waals surface area contributed by atoms with E-state index in [-0.39, 0.29) is 41.5 Å². The summed E-state index contributed by atoms with van der Waals surface area (Å²) in [5.41, 5.74) is 4.88. The monoisotopic (exact) mass is 772 g/mol. The highest BCUT2D eigenvalue weighted by molar-refractivity contribution is 6.32. The molecule has 7 rings (SSSR count). The molecular weight excluding hydrogens is 735 g/mol. The van der Waals surface area contributed by atoms with Gasteiger partial charge < -0.3 is 10.5 Å². The molecule has 3 aliphatic rings. The number of aromatic nitrogens is 5. The molecule has 0 saturated heterocycles. The van der Waals surface area contributed by atoms with Gasteiger partial charge in [0.1, 0.15) is 12.9 Å². The summed E-state index contributed by atoms with van der Waals surface area (Å²) in [6.07, 6.45) is -1.89. The Morgan fingerprint density at radius 3 is 2.37 bits per heavy atom. The number of halogens is 6. The Kier molecular flexibility index (Phi) is 9.34. The molecule has 0 spiro atoms. The first-order valence-corrected chi connectivity index (χ1v) is 17.8. The summed E-state index contributed by atoms with van der Waals surface area (Å²) in [6.45, 7) is 5.18. The minimum atomic E-state index is -4.60. The summed E-state index contributed by atoms with van der Waals surface area (Å²) in [5, 5.41) is 8.38. The fourth-order valence-corrected chi connectivity index (χ4v) is 7.25. The molecule has 11 nitrogen and oxygen atoms in total. The van der Waals surface area contributed by atoms with Crippen LogP contribution in [0.3, 0.4) is 0 Å². The molecule has 0 bridgehead atoms. The number of alkyl halides is 5. The van der Waals surface area contributed by atoms with Gasteiger partial charge in [-0.15, -0.1) is 0 Å². The maximum atomic E-state index is 15.0. The smallest absolute Gasteiger partial charge is 0.395 e. The molecule has 1 amide bonds. The zero-order valence-electron chi connectivity index (χ0n) is 29.7. The maximum absolute atomic E-state index is 15.0. The Morgan fingerprint density at radius 2 is 1.76 bits per heavy atom. The predicted octanol–water partition coefficient (Wildman–Crippen LogP) is 7.86. The highest BCUT2D eigenvalue weighted by Gasteiger charge is 2.64. The Labute approximate surface area is 312 Å². The number of carbonyl (C=O) groups excluding carboxylic acids is 2. The summed E-state index contributed by atoms with van der Waals surface area (Å²) in [6, 6.07) is 10.7. The average Bonchev–Trinajstić information content (AvgIpc) is 3.97. The van der Waals surface area contributed by atoms with E-state index in [0.29, 0.717) is 11.6 Å². The maximum Gasteiger partial charge on any atom is 0.395 e. The van der Waals surface area contributed by atoms with Crippen LogP contribution in [0, 0.1) is 10.8 Å². The topological polar surface area (TPSA) is 134 Å². The number of amides is 1. The van der Waals surface area contributed by atoms with Crippen LogP contribution in [0.2, 0.25) is 5.02 Å². The Hall–Kier alpha value is -4.86. The van der Waals surface area contributed by atoms with Gasteiger partial charge in [-0.3, -0.25) is 19.2 Å². The second-order valence-corrected chi connectivity index (χ2v) is 15.9. The van der Waals surface area contributed by atoms with Gasteiger partial charge >= 0.3 is 12.1 Å².